The summed E-state index contributed by atoms with van der Waals surface area (Å²) < 4.78 is 0. The molecule has 0 spiro atoms. The van der Waals surface area contributed by atoms with Crippen molar-refractivity contribution in [3.8, 4) is 10.7 Å². The van der Waals surface area contributed by atoms with E-state index in [0.29, 0.717) is 0 Å². The number of nitrogens with zero attached hydrogens (tertiary/aromatic N) is 3. The third-order valence-electron chi connectivity index (χ3n) is 1.98. The molecule has 1 atom stereocenters. The molecule has 0 saturated carbocycles. The zero-order chi connectivity index (χ0) is 11.5. The quantitative estimate of drug-likeness (QED) is 0.645. The Morgan fingerprint density at radius 3 is 2.94 bits per heavy atom. The van der Waals surface area contributed by atoms with Gasteiger partial charge >= 0.3 is 0 Å². The van der Waals surface area contributed by atoms with Crippen molar-refractivity contribution < 1.29 is 4.79 Å². The third-order valence-corrected chi connectivity index (χ3v) is 4.22. The van der Waals surface area contributed by atoms with Crippen molar-refractivity contribution in [2.75, 3.05) is 0 Å². The lowest BCUT2D eigenvalue weighted by Crippen LogP contribution is -1.88. The summed E-state index contributed by atoms with van der Waals surface area (Å²) in [7, 11) is 0. The topological polar surface area (TPSA) is 55.7 Å². The highest BCUT2D eigenvalue weighted by atomic mass is 79.9. The van der Waals surface area contributed by atoms with Gasteiger partial charge in [-0.1, -0.05) is 15.9 Å². The van der Waals surface area contributed by atoms with Crippen LogP contribution in [0.25, 0.3) is 10.7 Å². The SMILES string of the molecule is Cc1nc(-c2cnccn2)sc1C(Br)C=O. The second kappa shape index (κ2) is 4.80. The molecule has 1 unspecified atom stereocenters. The fraction of sp³-hybridized carbons (Fsp3) is 0.200. The Bertz CT molecular complexity index is 500. The van der Waals surface area contributed by atoms with Crippen LogP contribution in [0.15, 0.2) is 18.6 Å². The number of thiazole rings is 1. The van der Waals surface area contributed by atoms with E-state index in [2.05, 4.69) is 30.9 Å². The van der Waals surface area contributed by atoms with Gasteiger partial charge in [0.15, 0.2) is 0 Å². The standard InChI is InChI=1S/C10H8BrN3OS/c1-6-9(7(11)5-15)16-10(14-6)8-4-12-2-3-13-8/h2-5,7H,1H3. The lowest BCUT2D eigenvalue weighted by Gasteiger charge is -1.96. The van der Waals surface area contributed by atoms with Gasteiger partial charge in [0.05, 0.1) is 11.9 Å². The molecule has 0 aromatic carbocycles. The van der Waals surface area contributed by atoms with E-state index in [1.165, 1.54) is 11.3 Å². The molecule has 2 heterocycles. The summed E-state index contributed by atoms with van der Waals surface area (Å²) >= 11 is 4.74. The van der Waals surface area contributed by atoms with Gasteiger partial charge in [-0.05, 0) is 6.92 Å². The van der Waals surface area contributed by atoms with Gasteiger partial charge in [0.2, 0.25) is 0 Å². The lowest BCUT2D eigenvalue weighted by atomic mass is 10.3. The average molecular weight is 298 g/mol. The van der Waals surface area contributed by atoms with Gasteiger partial charge < -0.3 is 4.79 Å². The number of carbonyl (C=O) groups is 1. The average Bonchev–Trinajstić information content (AvgIpc) is 2.71. The van der Waals surface area contributed by atoms with Crippen molar-refractivity contribution in [3.05, 3.63) is 29.2 Å². The lowest BCUT2D eigenvalue weighted by molar-refractivity contribution is -0.107. The molecule has 2 aromatic heterocycles. The highest BCUT2D eigenvalue weighted by Crippen LogP contribution is 2.33. The normalized spacial score (nSPS) is 12.4. The minimum atomic E-state index is -0.296. The molecule has 0 saturated heterocycles. The number of hydrogen-bond acceptors (Lipinski definition) is 5. The van der Waals surface area contributed by atoms with Gasteiger partial charge in [-0.2, -0.15) is 0 Å². The summed E-state index contributed by atoms with van der Waals surface area (Å²) in [6.45, 7) is 1.88. The molecule has 0 N–H and O–H groups in total. The zero-order valence-corrected chi connectivity index (χ0v) is 10.8. The van der Waals surface area contributed by atoms with Gasteiger partial charge in [-0.15, -0.1) is 11.3 Å². The van der Waals surface area contributed by atoms with Gasteiger partial charge in [0.1, 0.15) is 21.8 Å². The smallest absolute Gasteiger partial charge is 0.144 e. The third kappa shape index (κ3) is 2.17. The van der Waals surface area contributed by atoms with E-state index in [9.17, 15) is 4.79 Å². The molecule has 4 nitrogen and oxygen atoms in total. The molecule has 6 heteroatoms. The first-order chi connectivity index (χ1) is 7.72. The monoisotopic (exact) mass is 297 g/mol. The van der Waals surface area contributed by atoms with Crippen LogP contribution in [0, 0.1) is 6.92 Å². The number of alkyl halides is 1. The van der Waals surface area contributed by atoms with Crippen LogP contribution in [0.3, 0.4) is 0 Å². The highest BCUT2D eigenvalue weighted by molar-refractivity contribution is 9.09. The summed E-state index contributed by atoms with van der Waals surface area (Å²) in [5.74, 6) is 0. The Morgan fingerprint density at radius 1 is 1.50 bits per heavy atom. The fourth-order valence-corrected chi connectivity index (χ4v) is 2.82. The van der Waals surface area contributed by atoms with E-state index < -0.39 is 0 Å². The van der Waals surface area contributed by atoms with Crippen molar-refractivity contribution in [3.63, 3.8) is 0 Å². The molecule has 0 radical (unpaired) electrons. The summed E-state index contributed by atoms with van der Waals surface area (Å²) in [6.07, 6.45) is 5.74. The molecule has 16 heavy (non-hydrogen) atoms. The Kier molecular flexibility index (Phi) is 3.40. The van der Waals surface area contributed by atoms with E-state index in [4.69, 9.17) is 0 Å². The number of rotatable bonds is 3. The van der Waals surface area contributed by atoms with Crippen LogP contribution >= 0.6 is 27.3 Å². The maximum Gasteiger partial charge on any atom is 0.144 e. The highest BCUT2D eigenvalue weighted by Gasteiger charge is 2.16. The molecule has 82 valence electrons. The molecular weight excluding hydrogens is 290 g/mol. The minimum Gasteiger partial charge on any atom is -0.302 e. The number of aldehydes is 1. The molecular formula is C10H8BrN3OS. The van der Waals surface area contributed by atoms with Gasteiger partial charge in [0.25, 0.3) is 0 Å². The zero-order valence-electron chi connectivity index (χ0n) is 8.42. The van der Waals surface area contributed by atoms with Gasteiger partial charge in [0, 0.05) is 17.3 Å². The van der Waals surface area contributed by atoms with Crippen molar-refractivity contribution in [2.24, 2.45) is 0 Å². The first-order valence-corrected chi connectivity index (χ1v) is 6.28. The summed E-state index contributed by atoms with van der Waals surface area (Å²) in [4.78, 5) is 23.9. The summed E-state index contributed by atoms with van der Waals surface area (Å²) in [5, 5.41) is 0.784. The number of aryl methyl sites for hydroxylation is 1. The fourth-order valence-electron chi connectivity index (χ4n) is 1.24. The van der Waals surface area contributed by atoms with Crippen molar-refractivity contribution in [1.82, 2.24) is 15.0 Å². The first kappa shape index (κ1) is 11.3. The number of hydrogen-bond donors (Lipinski definition) is 0. The second-order valence-corrected chi connectivity index (χ2v) is 5.11. The van der Waals surface area contributed by atoms with Gasteiger partial charge in [-0.3, -0.25) is 9.97 Å². The van der Waals surface area contributed by atoms with E-state index in [1.54, 1.807) is 18.6 Å². The van der Waals surface area contributed by atoms with Crippen LogP contribution in [0.2, 0.25) is 0 Å². The molecule has 0 aliphatic rings. The Morgan fingerprint density at radius 2 is 2.31 bits per heavy atom. The number of halogens is 1. The number of aromatic nitrogens is 3. The van der Waals surface area contributed by atoms with Crippen molar-refractivity contribution in [1.29, 1.82) is 0 Å². The predicted molar refractivity (Wildman–Crippen MR) is 65.6 cm³/mol. The first-order valence-electron chi connectivity index (χ1n) is 4.55. The van der Waals surface area contributed by atoms with Gasteiger partial charge in [-0.25, -0.2) is 4.98 Å². The van der Waals surface area contributed by atoms with Crippen molar-refractivity contribution >= 4 is 33.6 Å². The Labute approximate surface area is 105 Å². The maximum absolute atomic E-state index is 10.7. The molecule has 0 amide bonds. The number of carbonyl (C=O) groups excluding carboxylic acids is 1. The van der Waals surface area contributed by atoms with Crippen LogP contribution in [-0.2, 0) is 4.79 Å². The van der Waals surface area contributed by atoms with E-state index >= 15 is 0 Å². The van der Waals surface area contributed by atoms with Crippen LogP contribution in [0.5, 0.6) is 0 Å². The van der Waals surface area contributed by atoms with Crippen LogP contribution in [-0.4, -0.2) is 21.2 Å². The van der Waals surface area contributed by atoms with E-state index in [-0.39, 0.29) is 4.83 Å². The van der Waals surface area contributed by atoms with Crippen molar-refractivity contribution in [2.45, 2.75) is 11.8 Å². The van der Waals surface area contributed by atoms with Crippen LogP contribution in [0.4, 0.5) is 0 Å². The molecule has 2 aromatic rings. The van der Waals surface area contributed by atoms with E-state index in [1.807, 2.05) is 6.92 Å². The molecule has 2 rings (SSSR count). The second-order valence-electron chi connectivity index (χ2n) is 3.10. The largest absolute Gasteiger partial charge is 0.302 e. The maximum atomic E-state index is 10.7. The Balaban J connectivity index is 2.42. The van der Waals surface area contributed by atoms with Crippen LogP contribution in [0.1, 0.15) is 15.4 Å². The minimum absolute atomic E-state index is 0.296. The van der Waals surface area contributed by atoms with E-state index in [0.717, 1.165) is 27.6 Å². The molecule has 0 aliphatic heterocycles. The predicted octanol–water partition coefficient (Wildman–Crippen LogP) is 2.54. The molecule has 0 fully saturated rings. The Hall–Kier alpha value is -1.14. The van der Waals surface area contributed by atoms with Crippen LogP contribution < -0.4 is 0 Å². The molecule has 0 bridgehead atoms. The summed E-state index contributed by atoms with van der Waals surface area (Å²) in [5.41, 5.74) is 1.58. The molecule has 0 aliphatic carbocycles. The summed E-state index contributed by atoms with van der Waals surface area (Å²) in [6, 6.07) is 0.